The van der Waals surface area contributed by atoms with E-state index in [0.717, 1.165) is 16.7 Å². The van der Waals surface area contributed by atoms with Crippen molar-refractivity contribution in [2.45, 2.75) is 24.7 Å². The highest BCUT2D eigenvalue weighted by atomic mass is 32.2. The molecule has 3 aromatic carbocycles. The maximum absolute atomic E-state index is 12.2. The molecule has 0 fully saturated rings. The Bertz CT molecular complexity index is 922. The predicted octanol–water partition coefficient (Wildman–Crippen LogP) is 4.31. The molecule has 0 atom stereocenters. The summed E-state index contributed by atoms with van der Waals surface area (Å²) >= 11 is 0. The molecule has 0 amide bonds. The molecule has 3 rings (SSSR count). The maximum Gasteiger partial charge on any atom is 0.297 e. The lowest BCUT2D eigenvalue weighted by atomic mass is 10.1. The first kappa shape index (κ1) is 18.3. The summed E-state index contributed by atoms with van der Waals surface area (Å²) < 4.78 is 35.2. The monoisotopic (exact) mass is 368 g/mol. The fraction of sp³-hybridized carbons (Fsp3) is 0.143. The van der Waals surface area contributed by atoms with Gasteiger partial charge in [-0.2, -0.15) is 8.42 Å². The van der Waals surface area contributed by atoms with Crippen LogP contribution >= 0.6 is 0 Å². The molecule has 4 nitrogen and oxygen atoms in total. The van der Waals surface area contributed by atoms with E-state index in [9.17, 15) is 8.42 Å². The summed E-state index contributed by atoms with van der Waals surface area (Å²) in [6, 6.07) is 25.6. The predicted molar refractivity (Wildman–Crippen MR) is 99.8 cm³/mol. The van der Waals surface area contributed by atoms with E-state index in [0.29, 0.717) is 13.2 Å². The van der Waals surface area contributed by atoms with Crippen molar-refractivity contribution in [3.8, 4) is 0 Å². The topological polar surface area (TPSA) is 52.6 Å². The lowest BCUT2D eigenvalue weighted by Gasteiger charge is -2.08. The Hall–Kier alpha value is -2.47. The summed E-state index contributed by atoms with van der Waals surface area (Å²) in [5.41, 5.74) is 2.87. The third-order valence-corrected chi connectivity index (χ3v) is 5.06. The fourth-order valence-electron chi connectivity index (χ4n) is 2.47. The third-order valence-electron chi connectivity index (χ3n) is 3.78. The van der Waals surface area contributed by atoms with Crippen LogP contribution in [0.5, 0.6) is 0 Å². The summed E-state index contributed by atoms with van der Waals surface area (Å²) in [5.74, 6) is 0. The number of ether oxygens (including phenoxy) is 1. The van der Waals surface area contributed by atoms with Crippen LogP contribution in [0.15, 0.2) is 89.8 Å². The van der Waals surface area contributed by atoms with Gasteiger partial charge in [-0.3, -0.25) is 4.18 Å². The number of rotatable bonds is 8. The second-order valence-corrected chi connectivity index (χ2v) is 7.44. The molecule has 0 aromatic heterocycles. The molecule has 26 heavy (non-hydrogen) atoms. The van der Waals surface area contributed by atoms with Crippen LogP contribution in [0.25, 0.3) is 0 Å². The molecule has 0 aliphatic rings. The molecule has 0 bridgehead atoms. The standard InChI is InChI=1S/C21H20O4S/c22-26(23,21-12-5-2-6-13-21)25-17-20-11-7-10-19(14-20)16-24-15-18-8-3-1-4-9-18/h1-14H,15-17H2. The van der Waals surface area contributed by atoms with E-state index >= 15 is 0 Å². The van der Waals surface area contributed by atoms with Gasteiger partial charge in [0.15, 0.2) is 0 Å². The zero-order chi connectivity index (χ0) is 18.2. The van der Waals surface area contributed by atoms with Gasteiger partial charge in [0.25, 0.3) is 10.1 Å². The normalized spacial score (nSPS) is 11.4. The molecule has 0 radical (unpaired) electrons. The van der Waals surface area contributed by atoms with Gasteiger partial charge in [-0.25, -0.2) is 0 Å². The minimum atomic E-state index is -3.76. The quantitative estimate of drug-likeness (QED) is 0.556. The summed E-state index contributed by atoms with van der Waals surface area (Å²) in [5, 5.41) is 0. The molecule has 134 valence electrons. The van der Waals surface area contributed by atoms with Gasteiger partial charge in [-0.15, -0.1) is 0 Å². The van der Waals surface area contributed by atoms with Crippen molar-refractivity contribution >= 4 is 10.1 Å². The third kappa shape index (κ3) is 5.26. The van der Waals surface area contributed by atoms with Crippen LogP contribution in [0.3, 0.4) is 0 Å². The molecule has 0 saturated heterocycles. The molecule has 0 N–H and O–H groups in total. The van der Waals surface area contributed by atoms with E-state index in [2.05, 4.69) is 0 Å². The van der Waals surface area contributed by atoms with Crippen molar-refractivity contribution in [1.29, 1.82) is 0 Å². The Morgan fingerprint density at radius 3 is 1.85 bits per heavy atom. The molecule has 0 aliphatic carbocycles. The summed E-state index contributed by atoms with van der Waals surface area (Å²) in [6.07, 6.45) is 0. The van der Waals surface area contributed by atoms with Crippen LogP contribution in [0, 0.1) is 0 Å². The molecule has 0 aliphatic heterocycles. The zero-order valence-corrected chi connectivity index (χ0v) is 15.1. The molecular weight excluding hydrogens is 348 g/mol. The number of hydrogen-bond donors (Lipinski definition) is 0. The van der Waals surface area contributed by atoms with Gasteiger partial charge >= 0.3 is 0 Å². The number of hydrogen-bond acceptors (Lipinski definition) is 4. The van der Waals surface area contributed by atoms with Gasteiger partial charge in [0.05, 0.1) is 24.7 Å². The van der Waals surface area contributed by atoms with Crippen LogP contribution < -0.4 is 0 Å². The Balaban J connectivity index is 1.56. The second-order valence-electron chi connectivity index (χ2n) is 5.83. The van der Waals surface area contributed by atoms with Crippen LogP contribution in [0.4, 0.5) is 0 Å². The fourth-order valence-corrected chi connectivity index (χ4v) is 3.39. The van der Waals surface area contributed by atoms with Crippen LogP contribution in [0.2, 0.25) is 0 Å². The average molecular weight is 368 g/mol. The van der Waals surface area contributed by atoms with Crippen molar-refractivity contribution in [3.05, 3.63) is 102 Å². The first-order chi connectivity index (χ1) is 12.6. The van der Waals surface area contributed by atoms with Gasteiger partial charge in [0, 0.05) is 0 Å². The molecule has 5 heteroatoms. The Kier molecular flexibility index (Phi) is 6.17. The molecule has 0 unspecified atom stereocenters. The van der Waals surface area contributed by atoms with Crippen molar-refractivity contribution in [2.75, 3.05) is 0 Å². The molecule has 3 aromatic rings. The van der Waals surface area contributed by atoms with E-state index < -0.39 is 10.1 Å². The Labute approximate surface area is 154 Å². The van der Waals surface area contributed by atoms with Gasteiger partial charge < -0.3 is 4.74 Å². The SMILES string of the molecule is O=S(=O)(OCc1cccc(COCc2ccccc2)c1)c1ccccc1. The van der Waals surface area contributed by atoms with E-state index in [4.69, 9.17) is 8.92 Å². The van der Waals surface area contributed by atoms with Crippen molar-refractivity contribution < 1.29 is 17.3 Å². The summed E-state index contributed by atoms with van der Waals surface area (Å²) in [7, 11) is -3.76. The molecule has 0 heterocycles. The van der Waals surface area contributed by atoms with Crippen molar-refractivity contribution in [1.82, 2.24) is 0 Å². The van der Waals surface area contributed by atoms with Gasteiger partial charge in [-0.05, 0) is 28.8 Å². The number of benzene rings is 3. The van der Waals surface area contributed by atoms with Gasteiger partial charge in [0.2, 0.25) is 0 Å². The largest absolute Gasteiger partial charge is 0.372 e. The van der Waals surface area contributed by atoms with Crippen LogP contribution in [-0.2, 0) is 38.9 Å². The lowest BCUT2D eigenvalue weighted by molar-refractivity contribution is 0.107. The minimum absolute atomic E-state index is 0.0102. The van der Waals surface area contributed by atoms with E-state index in [1.807, 2.05) is 54.6 Å². The highest BCUT2D eigenvalue weighted by Gasteiger charge is 2.14. The average Bonchev–Trinajstić information content (AvgIpc) is 2.68. The lowest BCUT2D eigenvalue weighted by Crippen LogP contribution is -2.06. The highest BCUT2D eigenvalue weighted by molar-refractivity contribution is 7.86. The first-order valence-electron chi connectivity index (χ1n) is 8.27. The second kappa shape index (κ2) is 8.76. The smallest absolute Gasteiger partial charge is 0.297 e. The Morgan fingerprint density at radius 1 is 0.615 bits per heavy atom. The first-order valence-corrected chi connectivity index (χ1v) is 9.68. The van der Waals surface area contributed by atoms with Crippen molar-refractivity contribution in [3.63, 3.8) is 0 Å². The van der Waals surface area contributed by atoms with Gasteiger partial charge in [-0.1, -0.05) is 72.8 Å². The van der Waals surface area contributed by atoms with Crippen LogP contribution in [-0.4, -0.2) is 8.42 Å². The maximum atomic E-state index is 12.2. The molecular formula is C21H20O4S. The van der Waals surface area contributed by atoms with Crippen LogP contribution in [0.1, 0.15) is 16.7 Å². The summed E-state index contributed by atoms with van der Waals surface area (Å²) in [6.45, 7) is 0.974. The van der Waals surface area contributed by atoms with E-state index in [1.165, 1.54) is 12.1 Å². The molecule has 0 saturated carbocycles. The minimum Gasteiger partial charge on any atom is -0.372 e. The Morgan fingerprint density at radius 2 is 1.15 bits per heavy atom. The van der Waals surface area contributed by atoms with Gasteiger partial charge in [0.1, 0.15) is 0 Å². The van der Waals surface area contributed by atoms with Crippen molar-refractivity contribution in [2.24, 2.45) is 0 Å². The molecule has 0 spiro atoms. The van der Waals surface area contributed by atoms with E-state index in [-0.39, 0.29) is 11.5 Å². The van der Waals surface area contributed by atoms with E-state index in [1.54, 1.807) is 18.2 Å². The summed E-state index contributed by atoms with van der Waals surface area (Å²) in [4.78, 5) is 0.155. The highest BCUT2D eigenvalue weighted by Crippen LogP contribution is 2.15. The zero-order valence-electron chi connectivity index (χ0n) is 14.2.